The molecule has 3 N–H and O–H groups in total. The van der Waals surface area contributed by atoms with Gasteiger partial charge < -0.3 is 20.5 Å². The number of H-pyrrole nitrogens is 1. The molecule has 3 aromatic carbocycles. The van der Waals surface area contributed by atoms with Crippen molar-refractivity contribution in [3.05, 3.63) is 101 Å². The zero-order valence-electron chi connectivity index (χ0n) is 25.8. The summed E-state index contributed by atoms with van der Waals surface area (Å²) in [5, 5.41) is 7.31. The Balaban J connectivity index is 1.26. The number of benzene rings is 3. The molecular weight excluding hydrogens is 534 g/mol. The number of hydrogen-bond donors (Lipinski definition) is 3. The maximum atomic E-state index is 13.7. The summed E-state index contributed by atoms with van der Waals surface area (Å²) in [4.78, 5) is 34.8. The number of carbonyl (C=O) groups excluding carboxylic acids is 2. The molecule has 1 fully saturated rings. The molecule has 0 saturated carbocycles. The standard InChI is InChI=1S/C36H45N5O2/c1-4-27-20-26(21-28(5-2)31(27)6-3)23-38-36(43)34(22-29-24-37-33-15-11-10-14-32(29)33)39-35(42)25-40-16-18-41(19-17-40)30-12-8-7-9-13-30/h7-15,20-21,24,34,37H,4-6,16-19,22-23,25H2,1-3H3,(H,38,43)(H,39,42). The van der Waals surface area contributed by atoms with Crippen LogP contribution in [0.1, 0.15) is 48.6 Å². The Bertz CT molecular complexity index is 1500. The average Bonchev–Trinajstić information content (AvgIpc) is 3.46. The molecule has 1 aromatic heterocycles. The first-order chi connectivity index (χ1) is 21.0. The van der Waals surface area contributed by atoms with E-state index >= 15 is 0 Å². The van der Waals surface area contributed by atoms with Gasteiger partial charge in [-0.1, -0.05) is 69.3 Å². The molecule has 1 atom stereocenters. The highest BCUT2D eigenvalue weighted by atomic mass is 16.2. The summed E-state index contributed by atoms with van der Waals surface area (Å²) >= 11 is 0. The quantitative estimate of drug-likeness (QED) is 0.220. The van der Waals surface area contributed by atoms with Crippen LogP contribution in [0.25, 0.3) is 10.9 Å². The van der Waals surface area contributed by atoms with E-state index in [0.717, 1.165) is 67.5 Å². The van der Waals surface area contributed by atoms with Crippen LogP contribution in [0.2, 0.25) is 0 Å². The molecule has 0 radical (unpaired) electrons. The Labute approximate surface area is 255 Å². The Kier molecular flexibility index (Phi) is 10.2. The van der Waals surface area contributed by atoms with Crippen LogP contribution in [0.5, 0.6) is 0 Å². The molecule has 226 valence electrons. The number of rotatable bonds is 12. The van der Waals surface area contributed by atoms with Gasteiger partial charge >= 0.3 is 0 Å². The molecule has 2 heterocycles. The third-order valence-electron chi connectivity index (χ3n) is 8.69. The molecule has 0 spiro atoms. The maximum absolute atomic E-state index is 13.7. The minimum Gasteiger partial charge on any atom is -0.369 e. The van der Waals surface area contributed by atoms with Crippen molar-refractivity contribution >= 4 is 28.4 Å². The third-order valence-corrected chi connectivity index (χ3v) is 8.69. The molecule has 7 nitrogen and oxygen atoms in total. The lowest BCUT2D eigenvalue weighted by molar-refractivity contribution is -0.129. The van der Waals surface area contributed by atoms with Gasteiger partial charge in [0.15, 0.2) is 0 Å². The van der Waals surface area contributed by atoms with Crippen LogP contribution in [-0.4, -0.2) is 60.5 Å². The van der Waals surface area contributed by atoms with Gasteiger partial charge in [-0.15, -0.1) is 0 Å². The van der Waals surface area contributed by atoms with Gasteiger partial charge in [-0.05, 0) is 65.3 Å². The summed E-state index contributed by atoms with van der Waals surface area (Å²) in [6.07, 6.45) is 5.32. The molecule has 1 saturated heterocycles. The van der Waals surface area contributed by atoms with E-state index in [1.807, 2.05) is 30.5 Å². The van der Waals surface area contributed by atoms with Crippen molar-refractivity contribution in [2.45, 2.75) is 59.0 Å². The largest absolute Gasteiger partial charge is 0.369 e. The molecule has 0 bridgehead atoms. The molecule has 5 rings (SSSR count). The number of nitrogens with one attached hydrogen (secondary N) is 3. The van der Waals surface area contributed by atoms with Crippen LogP contribution < -0.4 is 15.5 Å². The van der Waals surface area contributed by atoms with Gasteiger partial charge in [0.1, 0.15) is 6.04 Å². The van der Waals surface area contributed by atoms with Crippen molar-refractivity contribution in [1.82, 2.24) is 20.5 Å². The number of piperazine rings is 1. The van der Waals surface area contributed by atoms with Gasteiger partial charge in [0.05, 0.1) is 6.54 Å². The van der Waals surface area contributed by atoms with Crippen molar-refractivity contribution in [1.29, 1.82) is 0 Å². The maximum Gasteiger partial charge on any atom is 0.243 e. The molecule has 1 aliphatic heterocycles. The van der Waals surface area contributed by atoms with Crippen LogP contribution in [-0.2, 0) is 41.8 Å². The summed E-state index contributed by atoms with van der Waals surface area (Å²) < 4.78 is 0. The van der Waals surface area contributed by atoms with Gasteiger partial charge in [0.25, 0.3) is 0 Å². The Morgan fingerprint density at radius 3 is 2.19 bits per heavy atom. The first-order valence-electron chi connectivity index (χ1n) is 15.8. The number of nitrogens with zero attached hydrogens (tertiary/aromatic N) is 2. The van der Waals surface area contributed by atoms with Crippen LogP contribution in [0.15, 0.2) is 72.9 Å². The molecule has 4 aromatic rings. The molecule has 2 amide bonds. The summed E-state index contributed by atoms with van der Waals surface area (Å²) in [5.41, 5.74) is 8.48. The fourth-order valence-corrected chi connectivity index (χ4v) is 6.34. The lowest BCUT2D eigenvalue weighted by Crippen LogP contribution is -2.53. The van der Waals surface area contributed by atoms with E-state index in [0.29, 0.717) is 13.0 Å². The molecule has 1 unspecified atom stereocenters. The van der Waals surface area contributed by atoms with E-state index in [4.69, 9.17) is 0 Å². The average molecular weight is 580 g/mol. The number of fused-ring (bicyclic) bond motifs is 1. The second kappa shape index (κ2) is 14.4. The fourth-order valence-electron chi connectivity index (χ4n) is 6.34. The first-order valence-corrected chi connectivity index (χ1v) is 15.8. The number of carbonyl (C=O) groups is 2. The summed E-state index contributed by atoms with van der Waals surface area (Å²) in [6.45, 7) is 10.6. The van der Waals surface area contributed by atoms with Gasteiger partial charge in [0, 0.05) is 61.9 Å². The number of para-hydroxylation sites is 2. The van der Waals surface area contributed by atoms with E-state index in [2.05, 4.69) is 88.7 Å². The summed E-state index contributed by atoms with van der Waals surface area (Å²) in [7, 11) is 0. The van der Waals surface area contributed by atoms with Gasteiger partial charge in [-0.25, -0.2) is 0 Å². The van der Waals surface area contributed by atoms with Crippen molar-refractivity contribution in [2.24, 2.45) is 0 Å². The van der Waals surface area contributed by atoms with E-state index in [-0.39, 0.29) is 18.4 Å². The monoisotopic (exact) mass is 579 g/mol. The predicted molar refractivity (Wildman–Crippen MR) is 175 cm³/mol. The number of aryl methyl sites for hydroxylation is 2. The zero-order valence-corrected chi connectivity index (χ0v) is 25.8. The van der Waals surface area contributed by atoms with Crippen molar-refractivity contribution in [3.8, 4) is 0 Å². The number of amides is 2. The Morgan fingerprint density at radius 2 is 1.51 bits per heavy atom. The van der Waals surface area contributed by atoms with Crippen LogP contribution in [0, 0.1) is 0 Å². The number of aromatic nitrogens is 1. The Morgan fingerprint density at radius 1 is 0.837 bits per heavy atom. The Hall–Kier alpha value is -4.10. The lowest BCUT2D eigenvalue weighted by atomic mass is 9.93. The lowest BCUT2D eigenvalue weighted by Gasteiger charge is -2.35. The topological polar surface area (TPSA) is 80.5 Å². The molecule has 43 heavy (non-hydrogen) atoms. The highest BCUT2D eigenvalue weighted by Crippen LogP contribution is 2.22. The predicted octanol–water partition coefficient (Wildman–Crippen LogP) is 5.02. The van der Waals surface area contributed by atoms with Crippen LogP contribution in [0.3, 0.4) is 0 Å². The second-order valence-corrected chi connectivity index (χ2v) is 11.5. The van der Waals surface area contributed by atoms with Crippen LogP contribution >= 0.6 is 0 Å². The minimum absolute atomic E-state index is 0.123. The molecule has 7 heteroatoms. The molecule has 0 aliphatic carbocycles. The molecule has 1 aliphatic rings. The SMILES string of the molecule is CCc1cc(CNC(=O)C(Cc2c[nH]c3ccccc23)NC(=O)CN2CCN(c3ccccc3)CC2)cc(CC)c1CC. The summed E-state index contributed by atoms with van der Waals surface area (Å²) in [5.74, 6) is -0.287. The highest BCUT2D eigenvalue weighted by molar-refractivity contribution is 5.90. The van der Waals surface area contributed by atoms with Gasteiger partial charge in [0.2, 0.25) is 11.8 Å². The van der Waals surface area contributed by atoms with E-state index < -0.39 is 6.04 Å². The van der Waals surface area contributed by atoms with Gasteiger partial charge in [-0.2, -0.15) is 0 Å². The van der Waals surface area contributed by atoms with Gasteiger partial charge in [-0.3, -0.25) is 14.5 Å². The number of hydrogen-bond acceptors (Lipinski definition) is 4. The fraction of sp³-hybridized carbons (Fsp3) is 0.389. The van der Waals surface area contributed by atoms with E-state index in [1.165, 1.54) is 22.4 Å². The first kappa shape index (κ1) is 30.4. The van der Waals surface area contributed by atoms with Crippen LogP contribution in [0.4, 0.5) is 5.69 Å². The highest BCUT2D eigenvalue weighted by Gasteiger charge is 2.25. The molecular formula is C36H45N5O2. The minimum atomic E-state index is -0.677. The van der Waals surface area contributed by atoms with E-state index in [9.17, 15) is 9.59 Å². The van der Waals surface area contributed by atoms with Crippen molar-refractivity contribution < 1.29 is 9.59 Å². The summed E-state index contributed by atoms with van der Waals surface area (Å²) in [6, 6.07) is 22.2. The van der Waals surface area contributed by atoms with E-state index in [1.54, 1.807) is 0 Å². The number of anilines is 1. The third kappa shape index (κ3) is 7.46. The normalized spacial score (nSPS) is 14.5. The number of aromatic amines is 1. The zero-order chi connectivity index (χ0) is 30.2. The second-order valence-electron chi connectivity index (χ2n) is 11.5. The smallest absolute Gasteiger partial charge is 0.243 e. The van der Waals surface area contributed by atoms with Crippen molar-refractivity contribution in [3.63, 3.8) is 0 Å². The van der Waals surface area contributed by atoms with Crippen molar-refractivity contribution in [2.75, 3.05) is 37.6 Å².